The Hall–Kier alpha value is -0.370. The summed E-state index contributed by atoms with van der Waals surface area (Å²) in [6.07, 6.45) is 2.11. The van der Waals surface area contributed by atoms with E-state index < -0.39 is 0 Å². The van der Waals surface area contributed by atoms with Gasteiger partial charge in [0.05, 0.1) is 0 Å². The summed E-state index contributed by atoms with van der Waals surface area (Å²) in [6, 6.07) is 0. The lowest BCUT2D eigenvalue weighted by atomic mass is 10.1. The Balaban J connectivity index is 2.32. The van der Waals surface area contributed by atoms with Crippen LogP contribution in [0.4, 0.5) is 0 Å². The lowest BCUT2D eigenvalue weighted by molar-refractivity contribution is -0.110. The van der Waals surface area contributed by atoms with Crippen LogP contribution in [0.5, 0.6) is 0 Å². The summed E-state index contributed by atoms with van der Waals surface area (Å²) >= 11 is 0. The highest BCUT2D eigenvalue weighted by molar-refractivity contribution is 5.54. The molecule has 0 amide bonds. The minimum atomic E-state index is 0.319. The lowest BCUT2D eigenvalue weighted by Crippen LogP contribution is -2.14. The van der Waals surface area contributed by atoms with Crippen LogP contribution in [0.2, 0.25) is 0 Å². The SMILES string of the molecule is CN1CC[C@H](C=O)C1. The van der Waals surface area contributed by atoms with Crippen LogP contribution in [0.3, 0.4) is 0 Å². The Bertz CT molecular complexity index is 92.5. The Kier molecular flexibility index (Phi) is 1.63. The maximum atomic E-state index is 10.1. The van der Waals surface area contributed by atoms with Crippen LogP contribution >= 0.6 is 0 Å². The highest BCUT2D eigenvalue weighted by Crippen LogP contribution is 2.10. The first-order chi connectivity index (χ1) is 3.83. The van der Waals surface area contributed by atoms with Crippen molar-refractivity contribution in [2.45, 2.75) is 6.42 Å². The standard InChI is InChI=1S/C6H11NO/c1-7-3-2-6(4-7)5-8/h5-6H,2-4H2,1H3/t6-/m0/s1. The van der Waals surface area contributed by atoms with Gasteiger partial charge in [0.15, 0.2) is 0 Å². The number of likely N-dealkylation sites (tertiary alicyclic amines) is 1. The van der Waals surface area contributed by atoms with Gasteiger partial charge in [0, 0.05) is 12.5 Å². The molecule has 0 spiro atoms. The van der Waals surface area contributed by atoms with E-state index in [2.05, 4.69) is 4.90 Å². The van der Waals surface area contributed by atoms with Crippen LogP contribution in [0.15, 0.2) is 0 Å². The second-order valence-corrected chi connectivity index (χ2v) is 2.45. The van der Waals surface area contributed by atoms with E-state index in [4.69, 9.17) is 0 Å². The van der Waals surface area contributed by atoms with Crippen LogP contribution < -0.4 is 0 Å². The van der Waals surface area contributed by atoms with Crippen molar-refractivity contribution in [3.05, 3.63) is 0 Å². The second kappa shape index (κ2) is 2.27. The monoisotopic (exact) mass is 113 g/mol. The summed E-state index contributed by atoms with van der Waals surface area (Å²) in [5.74, 6) is 0.319. The quantitative estimate of drug-likeness (QED) is 0.451. The Morgan fingerprint density at radius 3 is 2.75 bits per heavy atom. The third kappa shape index (κ3) is 1.07. The molecule has 0 radical (unpaired) electrons. The molecule has 8 heavy (non-hydrogen) atoms. The molecule has 1 saturated heterocycles. The molecule has 0 bridgehead atoms. The molecule has 1 aliphatic rings. The topological polar surface area (TPSA) is 20.3 Å². The number of nitrogens with zero attached hydrogens (tertiary/aromatic N) is 1. The number of rotatable bonds is 1. The molecule has 0 saturated carbocycles. The van der Waals surface area contributed by atoms with E-state index in [0.717, 1.165) is 25.8 Å². The van der Waals surface area contributed by atoms with Gasteiger partial charge < -0.3 is 9.69 Å². The fraction of sp³-hybridized carbons (Fsp3) is 0.833. The van der Waals surface area contributed by atoms with Gasteiger partial charge >= 0.3 is 0 Å². The molecule has 0 N–H and O–H groups in total. The summed E-state index contributed by atoms with van der Waals surface area (Å²) in [6.45, 7) is 2.05. The normalized spacial score (nSPS) is 30.9. The van der Waals surface area contributed by atoms with Gasteiger partial charge in [-0.25, -0.2) is 0 Å². The highest BCUT2D eigenvalue weighted by atomic mass is 16.1. The molecule has 1 fully saturated rings. The van der Waals surface area contributed by atoms with E-state index in [-0.39, 0.29) is 0 Å². The summed E-state index contributed by atoms with van der Waals surface area (Å²) in [5, 5.41) is 0. The van der Waals surface area contributed by atoms with Crippen LogP contribution in [-0.2, 0) is 4.79 Å². The highest BCUT2D eigenvalue weighted by Gasteiger charge is 2.17. The molecule has 1 aliphatic heterocycles. The smallest absolute Gasteiger partial charge is 0.124 e. The molecule has 1 rings (SSSR count). The molecule has 0 unspecified atom stereocenters. The molecule has 0 aromatic rings. The van der Waals surface area contributed by atoms with Gasteiger partial charge in [-0.15, -0.1) is 0 Å². The third-order valence-corrected chi connectivity index (χ3v) is 1.62. The first kappa shape index (κ1) is 5.76. The number of hydrogen-bond donors (Lipinski definition) is 0. The summed E-state index contributed by atoms with van der Waals surface area (Å²) in [4.78, 5) is 12.3. The zero-order chi connectivity index (χ0) is 5.98. The third-order valence-electron chi connectivity index (χ3n) is 1.62. The number of carbonyl (C=O) groups excluding carboxylic acids is 1. The van der Waals surface area contributed by atoms with E-state index in [9.17, 15) is 4.79 Å². The first-order valence-corrected chi connectivity index (χ1v) is 2.97. The van der Waals surface area contributed by atoms with E-state index in [1.807, 2.05) is 7.05 Å². The van der Waals surface area contributed by atoms with Gasteiger partial charge in [0.1, 0.15) is 6.29 Å². The lowest BCUT2D eigenvalue weighted by Gasteiger charge is -2.02. The maximum absolute atomic E-state index is 10.1. The van der Waals surface area contributed by atoms with Crippen LogP contribution in [-0.4, -0.2) is 31.3 Å². The van der Waals surface area contributed by atoms with Gasteiger partial charge in [-0.3, -0.25) is 0 Å². The van der Waals surface area contributed by atoms with Gasteiger partial charge in [0.2, 0.25) is 0 Å². The average Bonchev–Trinajstić information content (AvgIpc) is 2.14. The van der Waals surface area contributed by atoms with Crippen molar-refractivity contribution in [1.29, 1.82) is 0 Å². The first-order valence-electron chi connectivity index (χ1n) is 2.97. The predicted octanol–water partition coefficient (Wildman–Crippen LogP) is 0.137. The van der Waals surface area contributed by atoms with Crippen LogP contribution in [0, 0.1) is 5.92 Å². The molecule has 0 aromatic heterocycles. The number of hydrogen-bond acceptors (Lipinski definition) is 2. The molecule has 2 heteroatoms. The van der Waals surface area contributed by atoms with Gasteiger partial charge in [-0.05, 0) is 20.0 Å². The zero-order valence-corrected chi connectivity index (χ0v) is 5.13. The molecular weight excluding hydrogens is 102 g/mol. The van der Waals surface area contributed by atoms with Crippen molar-refractivity contribution in [3.8, 4) is 0 Å². The summed E-state index contributed by atoms with van der Waals surface area (Å²) in [5.41, 5.74) is 0. The molecule has 0 aliphatic carbocycles. The van der Waals surface area contributed by atoms with E-state index >= 15 is 0 Å². The average molecular weight is 113 g/mol. The van der Waals surface area contributed by atoms with Crippen molar-refractivity contribution in [1.82, 2.24) is 4.90 Å². The van der Waals surface area contributed by atoms with Gasteiger partial charge in [0.25, 0.3) is 0 Å². The number of carbonyl (C=O) groups is 1. The molecule has 1 heterocycles. The van der Waals surface area contributed by atoms with Gasteiger partial charge in [-0.2, -0.15) is 0 Å². The fourth-order valence-corrected chi connectivity index (χ4v) is 1.08. The van der Waals surface area contributed by atoms with Gasteiger partial charge in [-0.1, -0.05) is 0 Å². The predicted molar refractivity (Wildman–Crippen MR) is 31.7 cm³/mol. The Morgan fingerprint density at radius 1 is 1.75 bits per heavy atom. The maximum Gasteiger partial charge on any atom is 0.124 e. The zero-order valence-electron chi connectivity index (χ0n) is 5.13. The minimum Gasteiger partial charge on any atom is -0.306 e. The second-order valence-electron chi connectivity index (χ2n) is 2.45. The summed E-state index contributed by atoms with van der Waals surface area (Å²) < 4.78 is 0. The molecule has 0 aromatic carbocycles. The summed E-state index contributed by atoms with van der Waals surface area (Å²) in [7, 11) is 2.05. The van der Waals surface area contributed by atoms with Crippen molar-refractivity contribution in [2.24, 2.45) is 5.92 Å². The van der Waals surface area contributed by atoms with Crippen molar-refractivity contribution < 1.29 is 4.79 Å². The van der Waals surface area contributed by atoms with Crippen molar-refractivity contribution >= 4 is 6.29 Å². The van der Waals surface area contributed by atoms with E-state index in [1.54, 1.807) is 0 Å². The largest absolute Gasteiger partial charge is 0.306 e. The minimum absolute atomic E-state index is 0.319. The van der Waals surface area contributed by atoms with Crippen molar-refractivity contribution in [3.63, 3.8) is 0 Å². The van der Waals surface area contributed by atoms with E-state index in [1.165, 1.54) is 0 Å². The molecular formula is C6H11NO. The Morgan fingerprint density at radius 2 is 2.50 bits per heavy atom. The van der Waals surface area contributed by atoms with Crippen LogP contribution in [0.1, 0.15) is 6.42 Å². The molecule has 46 valence electrons. The Labute approximate surface area is 49.5 Å². The number of aldehydes is 1. The van der Waals surface area contributed by atoms with E-state index in [0.29, 0.717) is 5.92 Å². The van der Waals surface area contributed by atoms with Crippen LogP contribution in [0.25, 0.3) is 0 Å². The fourth-order valence-electron chi connectivity index (χ4n) is 1.08. The molecule has 1 atom stereocenters. The van der Waals surface area contributed by atoms with Crippen molar-refractivity contribution in [2.75, 3.05) is 20.1 Å². The molecule has 2 nitrogen and oxygen atoms in total.